The average molecular weight is 226 g/mol. The van der Waals surface area contributed by atoms with E-state index in [0.717, 1.165) is 0 Å². The molecule has 6 nitrogen and oxygen atoms in total. The van der Waals surface area contributed by atoms with Crippen LogP contribution in [0.2, 0.25) is 0 Å². The second-order valence-corrected chi connectivity index (χ2v) is 4.71. The van der Waals surface area contributed by atoms with Gasteiger partial charge in [0.25, 0.3) is 10.2 Å². The van der Waals surface area contributed by atoms with Gasteiger partial charge >= 0.3 is 0 Å². The van der Waals surface area contributed by atoms with Gasteiger partial charge in [-0.15, -0.1) is 0 Å². The number of hydrogen-bond donors (Lipinski definition) is 3. The average Bonchev–Trinajstić information content (AvgIpc) is 2.00. The van der Waals surface area contributed by atoms with Crippen molar-refractivity contribution in [3.05, 3.63) is 0 Å². The molecule has 0 aromatic carbocycles. The van der Waals surface area contributed by atoms with Gasteiger partial charge in [-0.3, -0.25) is 0 Å². The normalized spacial score (nSPS) is 14.6. The first-order valence-electron chi connectivity index (χ1n) is 4.30. The van der Waals surface area contributed by atoms with E-state index >= 15 is 0 Å². The smallest absolute Gasteiger partial charge is 0.277 e. The Kier molecular flexibility index (Phi) is 6.21. The highest BCUT2D eigenvalue weighted by Gasteiger charge is 2.17. The second kappa shape index (κ2) is 6.31. The number of rotatable bonds is 7. The summed E-state index contributed by atoms with van der Waals surface area (Å²) in [6.45, 7) is 3.26. The van der Waals surface area contributed by atoms with Crippen molar-refractivity contribution in [1.82, 2.24) is 9.44 Å². The van der Waals surface area contributed by atoms with Crippen LogP contribution in [0.5, 0.6) is 0 Å². The summed E-state index contributed by atoms with van der Waals surface area (Å²) in [5.41, 5.74) is 0. The minimum Gasteiger partial charge on any atom is -0.395 e. The van der Waals surface area contributed by atoms with Crippen LogP contribution in [0.4, 0.5) is 0 Å². The molecule has 0 fully saturated rings. The molecule has 86 valence electrons. The molecule has 0 aromatic rings. The van der Waals surface area contributed by atoms with Crippen molar-refractivity contribution in [1.29, 1.82) is 0 Å². The van der Waals surface area contributed by atoms with Crippen LogP contribution in [0.1, 0.15) is 13.8 Å². The standard InChI is InChI=1S/C7H18N2O4S/c1-6(2)8-14(11,12)9-7(4-10)5-13-3/h6-10H,4-5H2,1-3H3. The van der Waals surface area contributed by atoms with E-state index in [9.17, 15) is 8.42 Å². The van der Waals surface area contributed by atoms with E-state index in [0.29, 0.717) is 0 Å². The number of methoxy groups -OCH3 is 1. The van der Waals surface area contributed by atoms with Crippen LogP contribution in [0, 0.1) is 0 Å². The molecule has 0 bridgehead atoms. The van der Waals surface area contributed by atoms with Crippen LogP contribution >= 0.6 is 0 Å². The van der Waals surface area contributed by atoms with E-state index in [1.807, 2.05) is 0 Å². The maximum atomic E-state index is 11.3. The van der Waals surface area contributed by atoms with E-state index < -0.39 is 16.3 Å². The third kappa shape index (κ3) is 6.28. The van der Waals surface area contributed by atoms with Crippen molar-refractivity contribution in [2.45, 2.75) is 25.9 Å². The molecule has 7 heteroatoms. The molecule has 0 aliphatic rings. The van der Waals surface area contributed by atoms with Crippen LogP contribution in [-0.4, -0.2) is 45.9 Å². The van der Waals surface area contributed by atoms with Gasteiger partial charge in [0.1, 0.15) is 0 Å². The largest absolute Gasteiger partial charge is 0.395 e. The van der Waals surface area contributed by atoms with Gasteiger partial charge in [-0.05, 0) is 13.8 Å². The van der Waals surface area contributed by atoms with Gasteiger partial charge < -0.3 is 9.84 Å². The summed E-state index contributed by atoms with van der Waals surface area (Å²) in [4.78, 5) is 0. The van der Waals surface area contributed by atoms with Crippen molar-refractivity contribution < 1.29 is 18.3 Å². The van der Waals surface area contributed by atoms with Crippen LogP contribution < -0.4 is 9.44 Å². The van der Waals surface area contributed by atoms with Gasteiger partial charge in [0, 0.05) is 13.2 Å². The maximum absolute atomic E-state index is 11.3. The molecule has 0 aliphatic heterocycles. The number of aliphatic hydroxyl groups excluding tert-OH is 1. The lowest BCUT2D eigenvalue weighted by molar-refractivity contribution is 0.138. The fraction of sp³-hybridized carbons (Fsp3) is 1.00. The van der Waals surface area contributed by atoms with E-state index in [2.05, 4.69) is 9.44 Å². The zero-order valence-electron chi connectivity index (χ0n) is 8.65. The minimum atomic E-state index is -3.55. The van der Waals surface area contributed by atoms with E-state index in [-0.39, 0.29) is 19.3 Å². The fourth-order valence-electron chi connectivity index (χ4n) is 0.889. The van der Waals surface area contributed by atoms with Crippen LogP contribution in [0.15, 0.2) is 0 Å². The summed E-state index contributed by atoms with van der Waals surface area (Å²) in [5, 5.41) is 8.82. The molecule has 0 saturated carbocycles. The van der Waals surface area contributed by atoms with Gasteiger partial charge in [0.2, 0.25) is 0 Å². The van der Waals surface area contributed by atoms with Crippen molar-refractivity contribution in [2.75, 3.05) is 20.3 Å². The highest BCUT2D eigenvalue weighted by Crippen LogP contribution is 1.89. The lowest BCUT2D eigenvalue weighted by Gasteiger charge is -2.17. The van der Waals surface area contributed by atoms with Gasteiger partial charge in [0.05, 0.1) is 19.3 Å². The lowest BCUT2D eigenvalue weighted by atomic mass is 10.4. The molecule has 0 radical (unpaired) electrons. The second-order valence-electron chi connectivity index (χ2n) is 3.23. The quantitative estimate of drug-likeness (QED) is 0.510. The van der Waals surface area contributed by atoms with Crippen LogP contribution in [0.25, 0.3) is 0 Å². The molecule has 0 amide bonds. The Labute approximate surface area is 84.8 Å². The molecule has 3 N–H and O–H groups in total. The van der Waals surface area contributed by atoms with Gasteiger partial charge in [0.15, 0.2) is 0 Å². The fourth-order valence-corrected chi connectivity index (χ4v) is 2.16. The Morgan fingerprint density at radius 3 is 2.29 bits per heavy atom. The Morgan fingerprint density at radius 2 is 1.93 bits per heavy atom. The molecular weight excluding hydrogens is 208 g/mol. The third-order valence-electron chi connectivity index (χ3n) is 1.30. The third-order valence-corrected chi connectivity index (χ3v) is 2.73. The summed E-state index contributed by atoms with van der Waals surface area (Å²) < 4.78 is 31.9. The molecule has 0 rings (SSSR count). The zero-order valence-corrected chi connectivity index (χ0v) is 9.47. The van der Waals surface area contributed by atoms with Gasteiger partial charge in [-0.1, -0.05) is 0 Å². The Bertz CT molecular complexity index is 240. The number of nitrogens with one attached hydrogen (secondary N) is 2. The van der Waals surface area contributed by atoms with Gasteiger partial charge in [-0.25, -0.2) is 0 Å². The van der Waals surface area contributed by atoms with E-state index in [4.69, 9.17) is 9.84 Å². The maximum Gasteiger partial charge on any atom is 0.277 e. The lowest BCUT2D eigenvalue weighted by Crippen LogP contribution is -2.48. The zero-order chi connectivity index (χ0) is 11.2. The summed E-state index contributed by atoms with van der Waals surface area (Å²) in [6.07, 6.45) is 0. The molecular formula is C7H18N2O4S. The van der Waals surface area contributed by atoms with Crippen molar-refractivity contribution in [2.24, 2.45) is 0 Å². The first kappa shape index (κ1) is 13.8. The Hall–Kier alpha value is -0.210. The first-order chi connectivity index (χ1) is 6.41. The molecule has 0 spiro atoms. The van der Waals surface area contributed by atoms with Crippen molar-refractivity contribution in [3.8, 4) is 0 Å². The molecule has 0 heterocycles. The highest BCUT2D eigenvalue weighted by atomic mass is 32.2. The van der Waals surface area contributed by atoms with Crippen molar-refractivity contribution in [3.63, 3.8) is 0 Å². The summed E-state index contributed by atoms with van der Waals surface area (Å²) in [5.74, 6) is 0. The summed E-state index contributed by atoms with van der Waals surface area (Å²) >= 11 is 0. The molecule has 0 aromatic heterocycles. The minimum absolute atomic E-state index is 0.134. The number of hydrogen-bond acceptors (Lipinski definition) is 4. The van der Waals surface area contributed by atoms with Crippen LogP contribution in [0.3, 0.4) is 0 Å². The molecule has 0 aliphatic carbocycles. The molecule has 14 heavy (non-hydrogen) atoms. The monoisotopic (exact) mass is 226 g/mol. The summed E-state index contributed by atoms with van der Waals surface area (Å²) in [7, 11) is -2.12. The topological polar surface area (TPSA) is 87.7 Å². The Morgan fingerprint density at radius 1 is 1.36 bits per heavy atom. The predicted octanol–water partition coefficient (Wildman–Crippen LogP) is -1.17. The van der Waals surface area contributed by atoms with Crippen molar-refractivity contribution >= 4 is 10.2 Å². The first-order valence-corrected chi connectivity index (χ1v) is 5.79. The molecule has 0 saturated heterocycles. The molecule has 1 unspecified atom stereocenters. The number of ether oxygens (including phenoxy) is 1. The van der Waals surface area contributed by atoms with Crippen LogP contribution in [-0.2, 0) is 14.9 Å². The predicted molar refractivity (Wildman–Crippen MR) is 53.1 cm³/mol. The van der Waals surface area contributed by atoms with E-state index in [1.54, 1.807) is 13.8 Å². The highest BCUT2D eigenvalue weighted by molar-refractivity contribution is 7.87. The summed E-state index contributed by atoms with van der Waals surface area (Å²) in [6, 6.07) is -0.800. The number of aliphatic hydroxyl groups is 1. The Balaban J connectivity index is 4.18. The van der Waals surface area contributed by atoms with E-state index in [1.165, 1.54) is 7.11 Å². The van der Waals surface area contributed by atoms with Gasteiger partial charge in [-0.2, -0.15) is 17.9 Å². The SMILES string of the molecule is COCC(CO)NS(=O)(=O)NC(C)C. The molecule has 1 atom stereocenters.